The van der Waals surface area contributed by atoms with Crippen molar-refractivity contribution in [3.8, 4) is 45.2 Å². The van der Waals surface area contributed by atoms with Crippen LogP contribution in [0, 0.1) is 45.3 Å². The van der Waals surface area contributed by atoms with Crippen LogP contribution in [0.25, 0.3) is 44.2 Å². The highest BCUT2D eigenvalue weighted by Gasteiger charge is 2.52. The fourth-order valence-electron chi connectivity index (χ4n) is 9.82. The van der Waals surface area contributed by atoms with Gasteiger partial charge in [-0.15, -0.1) is 45.3 Å². The van der Waals surface area contributed by atoms with Crippen LogP contribution in [0.2, 0.25) is 0 Å². The Hall–Kier alpha value is -7.66. The largest absolute Gasteiger partial charge is 0.192 e. The second kappa shape index (κ2) is 15.6. The van der Waals surface area contributed by atoms with Gasteiger partial charge in [0, 0.05) is 28.6 Å². The molecule has 2 aliphatic carbocycles. The van der Waals surface area contributed by atoms with Crippen molar-refractivity contribution in [2.75, 3.05) is 0 Å². The van der Waals surface area contributed by atoms with Crippen LogP contribution in [0.1, 0.15) is 54.3 Å². The molecular formula is C56H30N4S4. The molecule has 0 unspecified atom stereocenters. The molecule has 4 heterocycles. The highest BCUT2D eigenvalue weighted by Crippen LogP contribution is 2.65. The maximum atomic E-state index is 9.59. The molecular weight excluding hydrogens is 857 g/mol. The number of rotatable bonds is 6. The average molecular weight is 887 g/mol. The fourth-order valence-corrected chi connectivity index (χ4v) is 14.2. The van der Waals surface area contributed by atoms with Crippen molar-refractivity contribution in [3.05, 3.63) is 242 Å². The summed E-state index contributed by atoms with van der Waals surface area (Å²) in [6.45, 7) is 0. The van der Waals surface area contributed by atoms with E-state index in [0.717, 1.165) is 18.8 Å². The summed E-state index contributed by atoms with van der Waals surface area (Å²) < 4.78 is 3.30. The van der Waals surface area contributed by atoms with E-state index in [1.54, 1.807) is 22.7 Å². The van der Waals surface area contributed by atoms with Gasteiger partial charge in [0.1, 0.15) is 35.4 Å². The first-order chi connectivity index (χ1) is 31.5. The molecule has 0 saturated carbocycles. The van der Waals surface area contributed by atoms with Crippen molar-refractivity contribution in [1.29, 1.82) is 21.0 Å². The lowest BCUT2D eigenvalue weighted by Gasteiger charge is -2.35. The van der Waals surface area contributed by atoms with Gasteiger partial charge in [0.2, 0.25) is 0 Å². The average Bonchev–Trinajstić information content (AvgIpc) is 4.22. The van der Waals surface area contributed by atoms with Crippen LogP contribution >= 0.6 is 45.3 Å². The van der Waals surface area contributed by atoms with E-state index in [2.05, 4.69) is 158 Å². The molecule has 298 valence electrons. The van der Waals surface area contributed by atoms with Crippen LogP contribution in [-0.4, -0.2) is 0 Å². The lowest BCUT2D eigenvalue weighted by molar-refractivity contribution is 0.760. The fraction of sp³-hybridized carbons (Fsp3) is 0.0357. The predicted molar refractivity (Wildman–Crippen MR) is 260 cm³/mol. The van der Waals surface area contributed by atoms with Gasteiger partial charge in [-0.25, -0.2) is 0 Å². The normalized spacial score (nSPS) is 14.0. The molecule has 0 bridgehead atoms. The van der Waals surface area contributed by atoms with Crippen molar-refractivity contribution in [1.82, 2.24) is 0 Å². The highest BCUT2D eigenvalue weighted by atomic mass is 32.1. The molecule has 0 spiro atoms. The monoisotopic (exact) mass is 886 g/mol. The minimum Gasteiger partial charge on any atom is -0.192 e. The smallest absolute Gasteiger partial charge is 0.146 e. The maximum Gasteiger partial charge on any atom is 0.146 e. The number of nitrogens with zero attached hydrogens (tertiary/aromatic N) is 4. The minimum absolute atomic E-state index is 0.121. The number of hydrogen-bond donors (Lipinski definition) is 0. The van der Waals surface area contributed by atoms with E-state index in [1.807, 2.05) is 48.5 Å². The summed E-state index contributed by atoms with van der Waals surface area (Å²) in [6.07, 6.45) is 4.36. The Balaban J connectivity index is 1.24. The SMILES string of the molecule is N#CC(C#N)=c1cc/c(=C\c2cc3c(s2)-c2cc4c(cc2C3(c2ccccc2)c2ccccc2)-c2sc(/C=c3\ccc(=C(C#N)C#N)s3)cc2C4(c2ccccc2)c2ccccc2)s1. The van der Waals surface area contributed by atoms with E-state index in [4.69, 9.17) is 0 Å². The Labute approximate surface area is 385 Å². The van der Waals surface area contributed by atoms with Gasteiger partial charge in [0.15, 0.2) is 0 Å². The summed E-state index contributed by atoms with van der Waals surface area (Å²) in [5.74, 6) is 0. The first-order valence-electron chi connectivity index (χ1n) is 20.5. The molecule has 0 atom stereocenters. The van der Waals surface area contributed by atoms with Gasteiger partial charge in [-0.05, 0) is 116 Å². The lowest BCUT2D eigenvalue weighted by Crippen LogP contribution is -2.29. The minimum atomic E-state index is -0.645. The first-order valence-corrected chi connectivity index (χ1v) is 23.7. The maximum absolute atomic E-state index is 9.59. The second-order valence-corrected chi connectivity index (χ2v) is 20.0. The zero-order valence-electron chi connectivity index (χ0n) is 33.7. The van der Waals surface area contributed by atoms with Gasteiger partial charge in [-0.3, -0.25) is 0 Å². The molecule has 2 aliphatic rings. The number of hydrogen-bond acceptors (Lipinski definition) is 8. The zero-order chi connectivity index (χ0) is 43.4. The van der Waals surface area contributed by atoms with Gasteiger partial charge in [-0.2, -0.15) is 21.0 Å². The summed E-state index contributed by atoms with van der Waals surface area (Å²) in [5.41, 5.74) is 11.0. The molecule has 8 heteroatoms. The van der Waals surface area contributed by atoms with E-state index in [0.29, 0.717) is 9.06 Å². The topological polar surface area (TPSA) is 95.2 Å². The lowest BCUT2D eigenvalue weighted by atomic mass is 9.66. The third-order valence-corrected chi connectivity index (χ3v) is 16.7. The molecule has 0 radical (unpaired) electrons. The molecule has 0 aliphatic heterocycles. The third-order valence-electron chi connectivity index (χ3n) is 12.4. The summed E-state index contributed by atoms with van der Waals surface area (Å²) in [4.78, 5) is 4.62. The molecule has 0 saturated heterocycles. The Kier molecular flexibility index (Phi) is 9.56. The van der Waals surface area contributed by atoms with Crippen molar-refractivity contribution < 1.29 is 0 Å². The zero-order valence-corrected chi connectivity index (χ0v) is 37.0. The van der Waals surface area contributed by atoms with Gasteiger partial charge in [-0.1, -0.05) is 121 Å². The van der Waals surface area contributed by atoms with E-state index in [1.165, 1.54) is 88.1 Å². The first kappa shape index (κ1) is 39.2. The Morgan fingerprint density at radius 3 is 1.02 bits per heavy atom. The van der Waals surface area contributed by atoms with Crippen molar-refractivity contribution in [3.63, 3.8) is 0 Å². The van der Waals surface area contributed by atoms with Crippen LogP contribution in [0.15, 0.2) is 170 Å². The molecule has 9 aromatic rings. The summed E-state index contributed by atoms with van der Waals surface area (Å²) in [6, 6.07) is 69.0. The molecule has 64 heavy (non-hydrogen) atoms. The predicted octanol–water partition coefficient (Wildman–Crippen LogP) is 10.7. The van der Waals surface area contributed by atoms with Crippen LogP contribution < -0.4 is 18.1 Å². The standard InChI is InChI=1S/C56H30N4S4/c57-31-35(32-58)51-23-21-41(61-51)25-43-27-49-53(63-43)45-30-48-46(29-47(45)55(49,37-13-5-1-6-14-37)38-15-7-2-8-16-38)54-50(28-44(64-54)26-42-22-24-52(62-42)36(33-59)34-60)56(48,39-17-9-3-10-18-39)40-19-11-4-12-20-40/h1-30H/b41-25+,42-26+. The van der Waals surface area contributed by atoms with Crippen molar-refractivity contribution in [2.24, 2.45) is 0 Å². The molecule has 4 nitrogen and oxygen atoms in total. The molecule has 4 aromatic heterocycles. The number of thiophene rings is 4. The summed E-state index contributed by atoms with van der Waals surface area (Å²) >= 11 is 6.48. The van der Waals surface area contributed by atoms with Crippen LogP contribution in [0.3, 0.4) is 0 Å². The Morgan fingerprint density at radius 2 is 0.703 bits per heavy atom. The molecule has 0 N–H and O–H groups in total. The third kappa shape index (κ3) is 5.87. The van der Waals surface area contributed by atoms with Crippen molar-refractivity contribution in [2.45, 2.75) is 10.8 Å². The second-order valence-electron chi connectivity index (χ2n) is 15.6. The Bertz CT molecular complexity index is 3410. The molecule has 11 rings (SSSR count). The van der Waals surface area contributed by atoms with Gasteiger partial charge in [0.25, 0.3) is 0 Å². The Morgan fingerprint density at radius 1 is 0.375 bits per heavy atom. The van der Waals surface area contributed by atoms with Gasteiger partial charge < -0.3 is 0 Å². The van der Waals surface area contributed by atoms with Crippen molar-refractivity contribution >= 4 is 68.6 Å². The van der Waals surface area contributed by atoms with Crippen LogP contribution in [-0.2, 0) is 10.8 Å². The quantitative estimate of drug-likeness (QED) is 0.166. The van der Waals surface area contributed by atoms with E-state index >= 15 is 0 Å². The van der Waals surface area contributed by atoms with Gasteiger partial charge in [0.05, 0.1) is 19.9 Å². The molecule has 5 aromatic carbocycles. The van der Waals surface area contributed by atoms with E-state index < -0.39 is 10.8 Å². The number of nitriles is 4. The van der Waals surface area contributed by atoms with Crippen LogP contribution in [0.5, 0.6) is 0 Å². The molecule has 0 amide bonds. The highest BCUT2D eigenvalue weighted by molar-refractivity contribution is 7.17. The number of fused-ring (bicyclic) bond motifs is 6. The van der Waals surface area contributed by atoms with Gasteiger partial charge >= 0.3 is 0 Å². The van der Waals surface area contributed by atoms with Crippen LogP contribution in [0.4, 0.5) is 0 Å². The molecule has 0 fully saturated rings. The number of benzene rings is 5. The summed E-state index contributed by atoms with van der Waals surface area (Å²) in [7, 11) is 0. The van der Waals surface area contributed by atoms with E-state index in [9.17, 15) is 21.0 Å². The van der Waals surface area contributed by atoms with E-state index in [-0.39, 0.29) is 11.1 Å². The summed E-state index contributed by atoms with van der Waals surface area (Å²) in [5, 5.41) is 38.4.